The molecule has 1 aliphatic heterocycles. The van der Waals surface area contributed by atoms with Gasteiger partial charge in [-0.15, -0.1) is 10.2 Å². The van der Waals surface area contributed by atoms with Gasteiger partial charge in [0.15, 0.2) is 16.7 Å². The molecule has 0 aliphatic carbocycles. The first-order valence-electron chi connectivity index (χ1n) is 10.8. The van der Waals surface area contributed by atoms with Crippen LogP contribution in [0.5, 0.6) is 11.5 Å². The van der Waals surface area contributed by atoms with Crippen LogP contribution in [-0.4, -0.2) is 66.4 Å². The molecule has 1 saturated heterocycles. The number of carbonyl (C=O) groups is 1. The molecule has 1 amide bonds. The van der Waals surface area contributed by atoms with Crippen LogP contribution in [0.4, 0.5) is 5.95 Å². The lowest BCUT2D eigenvalue weighted by Crippen LogP contribution is -2.38. The fourth-order valence-electron chi connectivity index (χ4n) is 3.43. The maximum atomic E-state index is 12.8. The number of hydrogen-bond donors (Lipinski definition) is 1. The van der Waals surface area contributed by atoms with Gasteiger partial charge >= 0.3 is 0 Å². The number of methoxy groups -OCH3 is 2. The Morgan fingerprint density at radius 1 is 1.16 bits per heavy atom. The van der Waals surface area contributed by atoms with Crippen molar-refractivity contribution in [3.05, 3.63) is 23.8 Å². The summed E-state index contributed by atoms with van der Waals surface area (Å²) in [6, 6.07) is 5.61. The first-order valence-corrected chi connectivity index (χ1v) is 11.7. The van der Waals surface area contributed by atoms with E-state index in [-0.39, 0.29) is 11.2 Å². The first kappa shape index (κ1) is 24.2. The molecule has 10 heteroatoms. The Hall–Kier alpha value is -2.46. The number of morpholine rings is 1. The molecular formula is C22H33N5O4S. The molecule has 0 bridgehead atoms. The molecule has 176 valence electrons. The smallest absolute Gasteiger partial charge is 0.233 e. The fourth-order valence-corrected chi connectivity index (χ4v) is 4.30. The van der Waals surface area contributed by atoms with Crippen LogP contribution in [0.15, 0.2) is 23.4 Å². The molecule has 1 aromatic heterocycles. The number of benzene rings is 1. The van der Waals surface area contributed by atoms with Crippen LogP contribution in [0, 0.1) is 5.92 Å². The molecular weight excluding hydrogens is 430 g/mol. The van der Waals surface area contributed by atoms with E-state index in [0.29, 0.717) is 37.2 Å². The monoisotopic (exact) mass is 463 g/mol. The van der Waals surface area contributed by atoms with Gasteiger partial charge in [0.1, 0.15) is 0 Å². The number of hydrogen-bond acceptors (Lipinski definition) is 8. The van der Waals surface area contributed by atoms with Gasteiger partial charge in [-0.1, -0.05) is 31.7 Å². The largest absolute Gasteiger partial charge is 0.493 e. The molecule has 1 fully saturated rings. The van der Waals surface area contributed by atoms with Gasteiger partial charge in [-0.3, -0.25) is 9.36 Å². The minimum Gasteiger partial charge on any atom is -0.493 e. The maximum absolute atomic E-state index is 12.8. The topological polar surface area (TPSA) is 90.7 Å². The number of rotatable bonds is 10. The third-order valence-corrected chi connectivity index (χ3v) is 6.19. The summed E-state index contributed by atoms with van der Waals surface area (Å²) < 4.78 is 18.2. The van der Waals surface area contributed by atoms with Gasteiger partial charge in [0.2, 0.25) is 11.9 Å². The first-order chi connectivity index (χ1) is 15.4. The lowest BCUT2D eigenvalue weighted by atomic mass is 10.2. The van der Waals surface area contributed by atoms with Crippen LogP contribution in [0.25, 0.3) is 0 Å². The summed E-state index contributed by atoms with van der Waals surface area (Å²) in [5.41, 5.74) is 0.936. The van der Waals surface area contributed by atoms with E-state index >= 15 is 0 Å². The Kier molecular flexibility index (Phi) is 8.63. The van der Waals surface area contributed by atoms with Crippen LogP contribution in [-0.2, 0) is 22.6 Å². The highest BCUT2D eigenvalue weighted by atomic mass is 32.2. The summed E-state index contributed by atoms with van der Waals surface area (Å²) in [6.07, 6.45) is 0. The van der Waals surface area contributed by atoms with Gasteiger partial charge in [0, 0.05) is 26.2 Å². The molecule has 2 heterocycles. The van der Waals surface area contributed by atoms with E-state index in [2.05, 4.69) is 38.8 Å². The zero-order valence-electron chi connectivity index (χ0n) is 19.5. The van der Waals surface area contributed by atoms with E-state index in [0.717, 1.165) is 36.3 Å². The van der Waals surface area contributed by atoms with Crippen molar-refractivity contribution in [3.8, 4) is 11.5 Å². The summed E-state index contributed by atoms with van der Waals surface area (Å²) in [5, 5.41) is 12.3. The second-order valence-corrected chi connectivity index (χ2v) is 9.36. The molecule has 1 N–H and O–H groups in total. The maximum Gasteiger partial charge on any atom is 0.233 e. The zero-order valence-corrected chi connectivity index (χ0v) is 20.3. The number of carbonyl (C=O) groups excluding carboxylic acids is 1. The van der Waals surface area contributed by atoms with Crippen molar-refractivity contribution in [2.75, 3.05) is 45.4 Å². The van der Waals surface area contributed by atoms with Crippen LogP contribution in [0.2, 0.25) is 0 Å². The van der Waals surface area contributed by atoms with Gasteiger partial charge in [-0.05, 0) is 30.5 Å². The summed E-state index contributed by atoms with van der Waals surface area (Å²) in [5.74, 6) is 2.52. The van der Waals surface area contributed by atoms with Crippen molar-refractivity contribution in [2.24, 2.45) is 5.92 Å². The number of thioether (sulfide) groups is 1. The lowest BCUT2D eigenvalue weighted by molar-refractivity contribution is -0.120. The van der Waals surface area contributed by atoms with Gasteiger partial charge in [-0.2, -0.15) is 0 Å². The highest BCUT2D eigenvalue weighted by molar-refractivity contribution is 8.00. The standard InChI is InChI=1S/C22H33N5O4S/c1-15(2)14-27-21(26-8-10-31-11-9-26)24-25-22(27)32-16(3)20(28)23-13-17-6-7-18(29-4)19(12-17)30-5/h6-7,12,15-16H,8-11,13-14H2,1-5H3,(H,23,28). The van der Waals surface area contributed by atoms with Crippen LogP contribution >= 0.6 is 11.8 Å². The van der Waals surface area contributed by atoms with Crippen molar-refractivity contribution in [1.82, 2.24) is 20.1 Å². The average Bonchev–Trinajstić information content (AvgIpc) is 3.18. The second-order valence-electron chi connectivity index (χ2n) is 8.05. The van der Waals surface area contributed by atoms with E-state index in [1.165, 1.54) is 11.8 Å². The normalized spacial score (nSPS) is 15.0. The molecule has 1 atom stereocenters. The second kappa shape index (κ2) is 11.4. The number of aromatic nitrogens is 3. The SMILES string of the molecule is COc1ccc(CNC(=O)C(C)Sc2nnc(N3CCOCC3)n2CC(C)C)cc1OC. The van der Waals surface area contributed by atoms with Gasteiger partial charge in [-0.25, -0.2) is 0 Å². The highest BCUT2D eigenvalue weighted by Gasteiger charge is 2.24. The van der Waals surface area contributed by atoms with Crippen molar-refractivity contribution in [2.45, 2.75) is 44.3 Å². The van der Waals surface area contributed by atoms with Crippen LogP contribution in [0.1, 0.15) is 26.3 Å². The summed E-state index contributed by atoms with van der Waals surface area (Å²) >= 11 is 1.43. The van der Waals surface area contributed by atoms with E-state index in [4.69, 9.17) is 14.2 Å². The minimum atomic E-state index is -0.317. The number of anilines is 1. The van der Waals surface area contributed by atoms with E-state index in [1.807, 2.05) is 25.1 Å². The zero-order chi connectivity index (χ0) is 23.1. The number of ether oxygens (including phenoxy) is 3. The third kappa shape index (κ3) is 6.07. The van der Waals surface area contributed by atoms with Crippen molar-refractivity contribution >= 4 is 23.6 Å². The van der Waals surface area contributed by atoms with E-state index in [1.54, 1.807) is 14.2 Å². The molecule has 2 aromatic rings. The van der Waals surface area contributed by atoms with E-state index < -0.39 is 0 Å². The summed E-state index contributed by atoms with van der Waals surface area (Å²) in [6.45, 7) is 10.4. The molecule has 9 nitrogen and oxygen atoms in total. The Morgan fingerprint density at radius 2 is 1.88 bits per heavy atom. The third-order valence-electron chi connectivity index (χ3n) is 5.11. The predicted molar refractivity (Wildman–Crippen MR) is 125 cm³/mol. The molecule has 1 aliphatic rings. The Balaban J connectivity index is 1.64. The van der Waals surface area contributed by atoms with Crippen molar-refractivity contribution < 1.29 is 19.0 Å². The Labute approximate surface area is 193 Å². The molecule has 32 heavy (non-hydrogen) atoms. The van der Waals surface area contributed by atoms with Crippen LogP contribution in [0.3, 0.4) is 0 Å². The quantitative estimate of drug-likeness (QED) is 0.538. The van der Waals surface area contributed by atoms with Crippen molar-refractivity contribution in [1.29, 1.82) is 0 Å². The van der Waals surface area contributed by atoms with Gasteiger partial charge in [0.05, 0.1) is 32.7 Å². The van der Waals surface area contributed by atoms with Gasteiger partial charge < -0.3 is 24.4 Å². The molecule has 1 aromatic carbocycles. The minimum absolute atomic E-state index is 0.0585. The summed E-state index contributed by atoms with van der Waals surface area (Å²) in [4.78, 5) is 15.0. The average molecular weight is 464 g/mol. The highest BCUT2D eigenvalue weighted by Crippen LogP contribution is 2.29. The Bertz CT molecular complexity index is 898. The molecule has 0 spiro atoms. The number of nitrogens with zero attached hydrogens (tertiary/aromatic N) is 4. The fraction of sp³-hybridized carbons (Fsp3) is 0.591. The van der Waals surface area contributed by atoms with E-state index in [9.17, 15) is 4.79 Å². The molecule has 0 saturated carbocycles. The molecule has 1 unspecified atom stereocenters. The molecule has 0 radical (unpaired) electrons. The predicted octanol–water partition coefficient (Wildman–Crippen LogP) is 2.58. The summed E-state index contributed by atoms with van der Waals surface area (Å²) in [7, 11) is 3.19. The van der Waals surface area contributed by atoms with Crippen molar-refractivity contribution in [3.63, 3.8) is 0 Å². The number of nitrogens with one attached hydrogen (secondary N) is 1. The lowest BCUT2D eigenvalue weighted by Gasteiger charge is -2.28. The van der Waals surface area contributed by atoms with Gasteiger partial charge in [0.25, 0.3) is 0 Å². The Morgan fingerprint density at radius 3 is 2.53 bits per heavy atom. The molecule has 3 rings (SSSR count). The van der Waals surface area contributed by atoms with Crippen LogP contribution < -0.4 is 19.7 Å². The number of amides is 1.